The maximum atomic E-state index is 11.3. The van der Waals surface area contributed by atoms with Crippen LogP contribution in [0.1, 0.15) is 23.7 Å². The standard InChI is InChI=1S/C9H9BrOS/c1-2-8(11)6-4-3-5-7(10)9(6)12/h3-5,12H,2H2,1H3. The number of halogens is 1. The number of hydrogen-bond donors (Lipinski definition) is 1. The largest absolute Gasteiger partial charge is 0.294 e. The van der Waals surface area contributed by atoms with Crippen LogP contribution in [0.25, 0.3) is 0 Å². The second kappa shape index (κ2) is 4.10. The molecule has 0 heterocycles. The number of thiol groups is 1. The van der Waals surface area contributed by atoms with Crippen molar-refractivity contribution in [3.8, 4) is 0 Å². The SMILES string of the molecule is CCC(=O)c1cccc(Br)c1S. The van der Waals surface area contributed by atoms with Gasteiger partial charge in [0.25, 0.3) is 0 Å². The predicted octanol–water partition coefficient (Wildman–Crippen LogP) is 3.33. The lowest BCUT2D eigenvalue weighted by atomic mass is 10.1. The third kappa shape index (κ3) is 1.90. The van der Waals surface area contributed by atoms with Gasteiger partial charge in [-0.15, -0.1) is 12.6 Å². The van der Waals surface area contributed by atoms with Crippen LogP contribution in [0.15, 0.2) is 27.6 Å². The van der Waals surface area contributed by atoms with Crippen molar-refractivity contribution in [3.63, 3.8) is 0 Å². The average molecular weight is 245 g/mol. The molecule has 12 heavy (non-hydrogen) atoms. The molecular weight excluding hydrogens is 236 g/mol. The molecule has 1 rings (SSSR count). The molecule has 0 N–H and O–H groups in total. The Morgan fingerprint density at radius 2 is 2.25 bits per heavy atom. The van der Waals surface area contributed by atoms with Crippen molar-refractivity contribution in [2.24, 2.45) is 0 Å². The molecule has 1 nitrogen and oxygen atoms in total. The summed E-state index contributed by atoms with van der Waals surface area (Å²) in [6.07, 6.45) is 0.518. The van der Waals surface area contributed by atoms with Crippen molar-refractivity contribution in [1.82, 2.24) is 0 Å². The van der Waals surface area contributed by atoms with Crippen molar-refractivity contribution in [2.45, 2.75) is 18.2 Å². The van der Waals surface area contributed by atoms with Crippen LogP contribution in [-0.4, -0.2) is 5.78 Å². The van der Waals surface area contributed by atoms with E-state index in [2.05, 4.69) is 28.6 Å². The van der Waals surface area contributed by atoms with Gasteiger partial charge in [-0.2, -0.15) is 0 Å². The summed E-state index contributed by atoms with van der Waals surface area (Å²) in [7, 11) is 0. The second-order valence-corrected chi connectivity index (χ2v) is 3.71. The molecule has 0 amide bonds. The smallest absolute Gasteiger partial charge is 0.163 e. The number of carbonyl (C=O) groups is 1. The second-order valence-electron chi connectivity index (χ2n) is 2.41. The van der Waals surface area contributed by atoms with Crippen LogP contribution < -0.4 is 0 Å². The van der Waals surface area contributed by atoms with Gasteiger partial charge >= 0.3 is 0 Å². The number of Topliss-reactive ketones (excluding diaryl/α,β-unsaturated/α-hetero) is 1. The highest BCUT2D eigenvalue weighted by Crippen LogP contribution is 2.24. The third-order valence-electron chi connectivity index (χ3n) is 1.61. The molecule has 1 aromatic rings. The summed E-state index contributed by atoms with van der Waals surface area (Å²) in [6, 6.07) is 5.50. The van der Waals surface area contributed by atoms with E-state index in [9.17, 15) is 4.79 Å². The average Bonchev–Trinajstić information content (AvgIpc) is 2.08. The molecule has 0 aliphatic carbocycles. The number of carbonyl (C=O) groups excluding carboxylic acids is 1. The number of rotatable bonds is 2. The van der Waals surface area contributed by atoms with E-state index >= 15 is 0 Å². The first kappa shape index (κ1) is 9.81. The Balaban J connectivity index is 3.16. The van der Waals surface area contributed by atoms with Crippen LogP contribution in [0.2, 0.25) is 0 Å². The fourth-order valence-electron chi connectivity index (χ4n) is 0.931. The van der Waals surface area contributed by atoms with E-state index in [4.69, 9.17) is 0 Å². The summed E-state index contributed by atoms with van der Waals surface area (Å²) in [5.41, 5.74) is 0.690. The van der Waals surface area contributed by atoms with E-state index in [-0.39, 0.29) is 5.78 Å². The Labute approximate surface area is 85.7 Å². The van der Waals surface area contributed by atoms with Gasteiger partial charge in [0, 0.05) is 21.4 Å². The normalized spacial score (nSPS) is 9.92. The van der Waals surface area contributed by atoms with Gasteiger partial charge in [0.05, 0.1) is 0 Å². The van der Waals surface area contributed by atoms with Crippen molar-refractivity contribution >= 4 is 34.3 Å². The van der Waals surface area contributed by atoms with Gasteiger partial charge in [-0.25, -0.2) is 0 Å². The van der Waals surface area contributed by atoms with Gasteiger partial charge in [-0.05, 0) is 22.0 Å². The molecule has 64 valence electrons. The predicted molar refractivity (Wildman–Crippen MR) is 56.0 cm³/mol. The lowest BCUT2D eigenvalue weighted by molar-refractivity contribution is 0.0985. The van der Waals surface area contributed by atoms with E-state index in [0.29, 0.717) is 12.0 Å². The highest BCUT2D eigenvalue weighted by molar-refractivity contribution is 9.10. The lowest BCUT2D eigenvalue weighted by Crippen LogP contribution is -1.97. The maximum Gasteiger partial charge on any atom is 0.163 e. The summed E-state index contributed by atoms with van der Waals surface area (Å²) < 4.78 is 0.866. The van der Waals surface area contributed by atoms with Gasteiger partial charge in [0.2, 0.25) is 0 Å². The van der Waals surface area contributed by atoms with E-state index in [1.54, 1.807) is 6.07 Å². The zero-order valence-electron chi connectivity index (χ0n) is 6.67. The minimum absolute atomic E-state index is 0.126. The third-order valence-corrected chi connectivity index (χ3v) is 3.06. The highest BCUT2D eigenvalue weighted by atomic mass is 79.9. The van der Waals surface area contributed by atoms with Gasteiger partial charge in [-0.1, -0.05) is 19.1 Å². The maximum absolute atomic E-state index is 11.3. The first-order valence-corrected chi connectivity index (χ1v) is 4.91. The molecule has 0 bridgehead atoms. The molecular formula is C9H9BrOS. The Morgan fingerprint density at radius 1 is 1.58 bits per heavy atom. The first-order valence-electron chi connectivity index (χ1n) is 3.67. The summed E-state index contributed by atoms with van der Waals surface area (Å²) >= 11 is 7.55. The van der Waals surface area contributed by atoms with E-state index in [1.165, 1.54) is 0 Å². The highest BCUT2D eigenvalue weighted by Gasteiger charge is 2.08. The van der Waals surface area contributed by atoms with Crippen LogP contribution in [0.5, 0.6) is 0 Å². The van der Waals surface area contributed by atoms with Crippen molar-refractivity contribution in [3.05, 3.63) is 28.2 Å². The molecule has 0 unspecified atom stereocenters. The molecule has 3 heteroatoms. The van der Waals surface area contributed by atoms with Crippen molar-refractivity contribution in [2.75, 3.05) is 0 Å². The Kier molecular flexibility index (Phi) is 3.35. The minimum atomic E-state index is 0.126. The monoisotopic (exact) mass is 244 g/mol. The molecule has 0 aliphatic heterocycles. The Hall–Kier alpha value is -0.280. The molecule has 0 spiro atoms. The molecule has 0 saturated heterocycles. The molecule has 0 aliphatic rings. The summed E-state index contributed by atoms with van der Waals surface area (Å²) in [5, 5.41) is 0. The zero-order valence-corrected chi connectivity index (χ0v) is 9.15. The quantitative estimate of drug-likeness (QED) is 0.624. The van der Waals surface area contributed by atoms with E-state index in [0.717, 1.165) is 9.37 Å². The van der Waals surface area contributed by atoms with Gasteiger partial charge in [0.1, 0.15) is 0 Å². The topological polar surface area (TPSA) is 17.1 Å². The number of benzene rings is 1. The van der Waals surface area contributed by atoms with E-state index in [1.807, 2.05) is 19.1 Å². The van der Waals surface area contributed by atoms with Crippen LogP contribution in [0.4, 0.5) is 0 Å². The minimum Gasteiger partial charge on any atom is -0.294 e. The summed E-state index contributed by atoms with van der Waals surface area (Å²) in [6.45, 7) is 1.84. The van der Waals surface area contributed by atoms with Crippen LogP contribution in [-0.2, 0) is 0 Å². The fourth-order valence-corrected chi connectivity index (χ4v) is 1.57. The van der Waals surface area contributed by atoms with Gasteiger partial charge in [0.15, 0.2) is 5.78 Å². The molecule has 0 fully saturated rings. The van der Waals surface area contributed by atoms with E-state index < -0.39 is 0 Å². The van der Waals surface area contributed by atoms with Crippen molar-refractivity contribution < 1.29 is 4.79 Å². The number of ketones is 1. The molecule has 1 aromatic carbocycles. The molecule has 0 radical (unpaired) electrons. The summed E-state index contributed by atoms with van der Waals surface area (Å²) in [4.78, 5) is 12.0. The Bertz CT molecular complexity index is 309. The molecule has 0 aromatic heterocycles. The number of hydrogen-bond acceptors (Lipinski definition) is 2. The fraction of sp³-hybridized carbons (Fsp3) is 0.222. The van der Waals surface area contributed by atoms with Gasteiger partial charge < -0.3 is 0 Å². The summed E-state index contributed by atoms with van der Waals surface area (Å²) in [5.74, 6) is 0.126. The zero-order chi connectivity index (χ0) is 9.14. The van der Waals surface area contributed by atoms with Crippen LogP contribution >= 0.6 is 28.6 Å². The molecule has 0 atom stereocenters. The van der Waals surface area contributed by atoms with Crippen LogP contribution in [0.3, 0.4) is 0 Å². The first-order chi connectivity index (χ1) is 5.66. The van der Waals surface area contributed by atoms with Gasteiger partial charge in [-0.3, -0.25) is 4.79 Å². The lowest BCUT2D eigenvalue weighted by Gasteiger charge is -2.03. The molecule has 0 saturated carbocycles. The van der Waals surface area contributed by atoms with Crippen LogP contribution in [0, 0.1) is 0 Å². The van der Waals surface area contributed by atoms with Crippen molar-refractivity contribution in [1.29, 1.82) is 0 Å². The Morgan fingerprint density at radius 3 is 2.83 bits per heavy atom.